The van der Waals surface area contributed by atoms with Gasteiger partial charge in [0, 0.05) is 12.5 Å². The summed E-state index contributed by atoms with van der Waals surface area (Å²) < 4.78 is 18.7. The Morgan fingerprint density at radius 3 is 2.96 bits per heavy atom. The first kappa shape index (κ1) is 14.8. The molecule has 0 amide bonds. The lowest BCUT2D eigenvalue weighted by Gasteiger charge is -2.14. The Morgan fingerprint density at radius 1 is 1.30 bits per heavy atom. The Labute approximate surface area is 135 Å². The molecule has 4 rings (SSSR count). The second-order valence-electron chi connectivity index (χ2n) is 7.00. The van der Waals surface area contributed by atoms with Gasteiger partial charge >= 0.3 is 0 Å². The van der Waals surface area contributed by atoms with Gasteiger partial charge in [-0.25, -0.2) is 4.39 Å². The molecule has 4 nitrogen and oxygen atoms in total. The molecule has 2 aromatic rings. The molecular weight excluding hydrogens is 293 g/mol. The molecule has 2 heterocycles. The number of benzene rings is 1. The number of hydrogen-bond acceptors (Lipinski definition) is 4. The lowest BCUT2D eigenvalue weighted by atomic mass is 9.97. The van der Waals surface area contributed by atoms with Gasteiger partial charge in [-0.3, -0.25) is 4.90 Å². The molecule has 0 N–H and O–H groups in total. The van der Waals surface area contributed by atoms with Crippen LogP contribution in [0.25, 0.3) is 0 Å². The lowest BCUT2D eigenvalue weighted by Crippen LogP contribution is -2.20. The number of likely N-dealkylation sites (tertiary alicyclic amines) is 1. The molecule has 1 aromatic carbocycles. The fourth-order valence-electron chi connectivity index (χ4n) is 3.42. The zero-order chi connectivity index (χ0) is 15.8. The molecule has 122 valence electrons. The first-order valence-corrected chi connectivity index (χ1v) is 8.47. The summed E-state index contributed by atoms with van der Waals surface area (Å²) >= 11 is 0. The number of hydrogen-bond donors (Lipinski definition) is 0. The van der Waals surface area contributed by atoms with E-state index in [0.29, 0.717) is 11.8 Å². The van der Waals surface area contributed by atoms with Crippen LogP contribution in [0.1, 0.15) is 48.0 Å². The van der Waals surface area contributed by atoms with E-state index >= 15 is 0 Å². The van der Waals surface area contributed by atoms with Crippen LogP contribution in [-0.4, -0.2) is 28.1 Å². The molecule has 5 heteroatoms. The van der Waals surface area contributed by atoms with Crippen LogP contribution in [0.3, 0.4) is 0 Å². The highest BCUT2D eigenvalue weighted by Gasteiger charge is 2.30. The molecule has 2 fully saturated rings. The predicted molar refractivity (Wildman–Crippen MR) is 84.5 cm³/mol. The molecular formula is C18H22FN3O. The summed E-state index contributed by atoms with van der Waals surface area (Å²) in [6.07, 6.45) is 4.57. The number of aryl methyl sites for hydroxylation is 1. The molecule has 1 saturated carbocycles. The molecule has 0 bridgehead atoms. The Balaban J connectivity index is 1.32. The summed E-state index contributed by atoms with van der Waals surface area (Å²) in [6.45, 7) is 4.68. The van der Waals surface area contributed by atoms with E-state index < -0.39 is 0 Å². The largest absolute Gasteiger partial charge is 0.338 e. The third kappa shape index (κ3) is 3.44. The Hall–Kier alpha value is -1.75. The van der Waals surface area contributed by atoms with E-state index in [2.05, 4.69) is 15.0 Å². The normalized spacial score (nSPS) is 21.9. The minimum Gasteiger partial charge on any atom is -0.338 e. The van der Waals surface area contributed by atoms with Gasteiger partial charge in [0.1, 0.15) is 5.82 Å². The molecule has 1 aliphatic heterocycles. The summed E-state index contributed by atoms with van der Waals surface area (Å²) in [5.74, 6) is 2.67. The molecule has 1 atom stereocenters. The zero-order valence-electron chi connectivity index (χ0n) is 13.5. The van der Waals surface area contributed by atoms with E-state index in [9.17, 15) is 4.39 Å². The van der Waals surface area contributed by atoms with E-state index in [1.807, 2.05) is 19.1 Å². The number of rotatable bonds is 5. The highest BCUT2D eigenvalue weighted by atomic mass is 19.1. The van der Waals surface area contributed by atoms with Crippen molar-refractivity contribution in [2.75, 3.05) is 13.1 Å². The van der Waals surface area contributed by atoms with Gasteiger partial charge in [0.05, 0.1) is 6.54 Å². The van der Waals surface area contributed by atoms with Gasteiger partial charge < -0.3 is 4.52 Å². The first-order chi connectivity index (χ1) is 11.2. The van der Waals surface area contributed by atoms with Crippen LogP contribution in [-0.2, 0) is 13.0 Å². The van der Waals surface area contributed by atoms with Gasteiger partial charge in [0.25, 0.3) is 0 Å². The van der Waals surface area contributed by atoms with Crippen molar-refractivity contribution in [1.29, 1.82) is 0 Å². The maximum Gasteiger partial charge on any atom is 0.240 e. The van der Waals surface area contributed by atoms with Crippen molar-refractivity contribution in [3.63, 3.8) is 0 Å². The second kappa shape index (κ2) is 6.04. The Morgan fingerprint density at radius 2 is 2.17 bits per heavy atom. The topological polar surface area (TPSA) is 42.2 Å². The van der Waals surface area contributed by atoms with Gasteiger partial charge in [-0.05, 0) is 62.3 Å². The molecule has 23 heavy (non-hydrogen) atoms. The van der Waals surface area contributed by atoms with Crippen molar-refractivity contribution < 1.29 is 8.91 Å². The van der Waals surface area contributed by atoms with Gasteiger partial charge in [-0.1, -0.05) is 17.3 Å². The highest BCUT2D eigenvalue weighted by Crippen LogP contribution is 2.38. The number of halogens is 1. The van der Waals surface area contributed by atoms with E-state index in [1.54, 1.807) is 6.07 Å². The molecule has 2 aliphatic rings. The minimum atomic E-state index is -0.121. The highest BCUT2D eigenvalue weighted by molar-refractivity contribution is 5.24. The minimum absolute atomic E-state index is 0.121. The summed E-state index contributed by atoms with van der Waals surface area (Å²) in [6, 6.07) is 5.46. The Kier molecular flexibility index (Phi) is 3.89. The van der Waals surface area contributed by atoms with Crippen molar-refractivity contribution in [3.05, 3.63) is 46.9 Å². The summed E-state index contributed by atoms with van der Waals surface area (Å²) in [5.41, 5.74) is 1.96. The quantitative estimate of drug-likeness (QED) is 0.847. The summed E-state index contributed by atoms with van der Waals surface area (Å²) in [5, 5.41) is 4.08. The van der Waals surface area contributed by atoms with Gasteiger partial charge in [-0.2, -0.15) is 4.98 Å². The van der Waals surface area contributed by atoms with Crippen LogP contribution < -0.4 is 0 Å². The number of nitrogens with zero attached hydrogens (tertiary/aromatic N) is 3. The monoisotopic (exact) mass is 315 g/mol. The first-order valence-electron chi connectivity index (χ1n) is 8.47. The van der Waals surface area contributed by atoms with Crippen LogP contribution in [0.15, 0.2) is 22.7 Å². The van der Waals surface area contributed by atoms with E-state index in [1.165, 1.54) is 24.8 Å². The molecule has 1 aromatic heterocycles. The zero-order valence-corrected chi connectivity index (χ0v) is 13.5. The standard InChI is InChI=1S/C18H22FN3O/c1-12-8-13(2-5-16(12)19)9-14-6-7-22(10-14)11-17-20-18(21-23-17)15-3-4-15/h2,5,8,14-15H,3-4,6-7,9-11H2,1H3. The van der Waals surface area contributed by atoms with Crippen molar-refractivity contribution in [2.24, 2.45) is 5.92 Å². The van der Waals surface area contributed by atoms with Crippen molar-refractivity contribution in [3.8, 4) is 0 Å². The third-order valence-electron chi connectivity index (χ3n) is 4.90. The van der Waals surface area contributed by atoms with Crippen LogP contribution in [0.4, 0.5) is 4.39 Å². The van der Waals surface area contributed by atoms with E-state index in [0.717, 1.165) is 43.3 Å². The smallest absolute Gasteiger partial charge is 0.240 e. The molecule has 1 unspecified atom stereocenters. The van der Waals surface area contributed by atoms with E-state index in [4.69, 9.17) is 4.52 Å². The summed E-state index contributed by atoms with van der Waals surface area (Å²) in [7, 11) is 0. The molecule has 1 saturated heterocycles. The van der Waals surface area contributed by atoms with Crippen LogP contribution in [0, 0.1) is 18.7 Å². The molecule has 0 spiro atoms. The third-order valence-corrected chi connectivity index (χ3v) is 4.90. The second-order valence-corrected chi connectivity index (χ2v) is 7.00. The van der Waals surface area contributed by atoms with E-state index in [-0.39, 0.29) is 5.82 Å². The maximum atomic E-state index is 13.3. The SMILES string of the molecule is Cc1cc(CC2CCN(Cc3nc(C4CC4)no3)C2)ccc1F. The van der Waals surface area contributed by atoms with Gasteiger partial charge in [-0.15, -0.1) is 0 Å². The summed E-state index contributed by atoms with van der Waals surface area (Å²) in [4.78, 5) is 6.89. The predicted octanol–water partition coefficient (Wildman–Crippen LogP) is 3.46. The molecule has 1 aliphatic carbocycles. The maximum absolute atomic E-state index is 13.3. The lowest BCUT2D eigenvalue weighted by molar-refractivity contribution is 0.259. The van der Waals surface area contributed by atoms with Crippen molar-refractivity contribution in [2.45, 2.75) is 45.1 Å². The van der Waals surface area contributed by atoms with Gasteiger partial charge in [0.2, 0.25) is 5.89 Å². The average molecular weight is 315 g/mol. The van der Waals surface area contributed by atoms with Crippen molar-refractivity contribution in [1.82, 2.24) is 15.0 Å². The van der Waals surface area contributed by atoms with Crippen LogP contribution in [0.2, 0.25) is 0 Å². The average Bonchev–Trinajstić information content (AvgIpc) is 3.13. The fourth-order valence-corrected chi connectivity index (χ4v) is 3.42. The van der Waals surface area contributed by atoms with Crippen molar-refractivity contribution >= 4 is 0 Å². The molecule has 0 radical (unpaired) electrons. The van der Waals surface area contributed by atoms with Crippen LogP contribution in [0.5, 0.6) is 0 Å². The number of aromatic nitrogens is 2. The Bertz CT molecular complexity index is 695. The van der Waals surface area contributed by atoms with Crippen LogP contribution >= 0.6 is 0 Å². The fraction of sp³-hybridized carbons (Fsp3) is 0.556. The van der Waals surface area contributed by atoms with Gasteiger partial charge in [0.15, 0.2) is 5.82 Å².